The summed E-state index contributed by atoms with van der Waals surface area (Å²) in [6.07, 6.45) is 4.07. The maximum absolute atomic E-state index is 12.4. The van der Waals surface area contributed by atoms with Crippen LogP contribution in [0, 0.1) is 5.92 Å². The molecule has 2 aromatic carbocycles. The average Bonchev–Trinajstić information content (AvgIpc) is 2.74. The van der Waals surface area contributed by atoms with Gasteiger partial charge in [-0.2, -0.15) is 0 Å². The van der Waals surface area contributed by atoms with Crippen molar-refractivity contribution in [2.75, 3.05) is 26.2 Å². The number of hydrogen-bond acceptors (Lipinski definition) is 2. The number of hydrogen-bond donors (Lipinski definition) is 2. The number of amides is 1. The third-order valence-electron chi connectivity index (χ3n) is 5.28. The number of benzene rings is 2. The largest absolute Gasteiger partial charge is 0.370 e. The SMILES string of the molecule is I.NC(=NCC(=O)N1CCC(Cc2ccccc2)CC1)NCCc1ccccc1. The van der Waals surface area contributed by atoms with Crippen molar-refractivity contribution in [3.8, 4) is 0 Å². The summed E-state index contributed by atoms with van der Waals surface area (Å²) in [5.74, 6) is 1.05. The van der Waals surface area contributed by atoms with Crippen LogP contribution in [0.3, 0.4) is 0 Å². The van der Waals surface area contributed by atoms with Crippen molar-refractivity contribution in [3.05, 3.63) is 71.8 Å². The minimum Gasteiger partial charge on any atom is -0.370 e. The van der Waals surface area contributed by atoms with Gasteiger partial charge in [0.2, 0.25) is 5.91 Å². The quantitative estimate of drug-likeness (QED) is 0.344. The van der Waals surface area contributed by atoms with Gasteiger partial charge in [-0.25, -0.2) is 4.99 Å². The van der Waals surface area contributed by atoms with E-state index in [0.717, 1.165) is 38.8 Å². The van der Waals surface area contributed by atoms with Gasteiger partial charge in [0.1, 0.15) is 6.54 Å². The Labute approximate surface area is 190 Å². The molecule has 1 aliphatic heterocycles. The van der Waals surface area contributed by atoms with Crippen LogP contribution in [0.5, 0.6) is 0 Å². The summed E-state index contributed by atoms with van der Waals surface area (Å²) in [7, 11) is 0. The van der Waals surface area contributed by atoms with Crippen LogP contribution in [0.15, 0.2) is 65.7 Å². The molecule has 0 saturated carbocycles. The van der Waals surface area contributed by atoms with E-state index in [1.54, 1.807) is 0 Å². The lowest BCUT2D eigenvalue weighted by molar-refractivity contribution is -0.130. The van der Waals surface area contributed by atoms with Gasteiger partial charge in [-0.15, -0.1) is 24.0 Å². The summed E-state index contributed by atoms with van der Waals surface area (Å²) < 4.78 is 0. The molecule has 0 aliphatic carbocycles. The highest BCUT2D eigenvalue weighted by Gasteiger charge is 2.22. The van der Waals surface area contributed by atoms with Gasteiger partial charge in [0.15, 0.2) is 5.96 Å². The highest BCUT2D eigenvalue weighted by molar-refractivity contribution is 14.0. The Bertz CT molecular complexity index is 759. The monoisotopic (exact) mass is 506 g/mol. The molecule has 1 amide bonds. The third kappa shape index (κ3) is 8.04. The summed E-state index contributed by atoms with van der Waals surface area (Å²) in [5, 5.41) is 3.08. The molecular weight excluding hydrogens is 475 g/mol. The molecule has 1 aliphatic rings. The molecule has 156 valence electrons. The molecule has 1 fully saturated rings. The van der Waals surface area contributed by atoms with Crippen molar-refractivity contribution < 1.29 is 4.79 Å². The minimum absolute atomic E-state index is 0. The first-order valence-corrected chi connectivity index (χ1v) is 10.1. The first-order chi connectivity index (χ1) is 13.7. The number of rotatable bonds is 7. The van der Waals surface area contributed by atoms with Crippen LogP contribution in [0.2, 0.25) is 0 Å². The minimum atomic E-state index is 0. The lowest BCUT2D eigenvalue weighted by Gasteiger charge is -2.31. The van der Waals surface area contributed by atoms with Crippen LogP contribution in [0.1, 0.15) is 24.0 Å². The summed E-state index contributed by atoms with van der Waals surface area (Å²) in [6.45, 7) is 2.45. The second-order valence-corrected chi connectivity index (χ2v) is 7.38. The van der Waals surface area contributed by atoms with Gasteiger partial charge in [-0.05, 0) is 42.7 Å². The molecule has 5 nitrogen and oxygen atoms in total. The van der Waals surface area contributed by atoms with E-state index >= 15 is 0 Å². The normalized spacial score (nSPS) is 14.9. The lowest BCUT2D eigenvalue weighted by Crippen LogP contribution is -2.41. The van der Waals surface area contributed by atoms with Crippen LogP contribution < -0.4 is 11.1 Å². The zero-order valence-electron chi connectivity index (χ0n) is 16.8. The smallest absolute Gasteiger partial charge is 0.244 e. The topological polar surface area (TPSA) is 70.7 Å². The molecule has 0 bridgehead atoms. The number of guanidine groups is 1. The van der Waals surface area contributed by atoms with E-state index in [0.29, 0.717) is 18.4 Å². The van der Waals surface area contributed by atoms with Crippen molar-refractivity contribution in [2.24, 2.45) is 16.6 Å². The van der Waals surface area contributed by atoms with Crippen LogP contribution in [-0.2, 0) is 17.6 Å². The van der Waals surface area contributed by atoms with E-state index in [-0.39, 0.29) is 36.4 Å². The first kappa shape index (κ1) is 23.2. The van der Waals surface area contributed by atoms with Crippen LogP contribution >= 0.6 is 24.0 Å². The Hall–Kier alpha value is -2.09. The third-order valence-corrected chi connectivity index (χ3v) is 5.28. The summed E-state index contributed by atoms with van der Waals surface area (Å²) in [6, 6.07) is 20.8. The Morgan fingerprint density at radius 2 is 1.59 bits per heavy atom. The van der Waals surface area contributed by atoms with E-state index in [1.165, 1.54) is 11.1 Å². The molecule has 1 heterocycles. The molecule has 1 saturated heterocycles. The molecular formula is C23H31IN4O. The molecule has 29 heavy (non-hydrogen) atoms. The molecule has 0 aromatic heterocycles. The second-order valence-electron chi connectivity index (χ2n) is 7.38. The maximum atomic E-state index is 12.4. The number of nitrogens with zero attached hydrogens (tertiary/aromatic N) is 2. The molecule has 3 N–H and O–H groups in total. The van der Waals surface area contributed by atoms with E-state index in [1.807, 2.05) is 29.2 Å². The van der Waals surface area contributed by atoms with Gasteiger partial charge in [0.05, 0.1) is 0 Å². The molecule has 0 spiro atoms. The molecule has 0 radical (unpaired) electrons. The van der Waals surface area contributed by atoms with Crippen molar-refractivity contribution in [2.45, 2.75) is 25.7 Å². The standard InChI is InChI=1S/C23H30N4O.HI/c24-23(25-14-11-19-7-3-1-4-8-19)26-18-22(28)27-15-12-21(13-16-27)17-20-9-5-2-6-10-20;/h1-10,21H,11-18H2,(H3,24,25,26);1H. The Balaban J connectivity index is 0.00000300. The van der Waals surface area contributed by atoms with Crippen molar-refractivity contribution in [1.29, 1.82) is 0 Å². The highest BCUT2D eigenvalue weighted by atomic mass is 127. The summed E-state index contributed by atoms with van der Waals surface area (Å²) in [5.41, 5.74) is 8.52. The van der Waals surface area contributed by atoms with E-state index in [2.05, 4.69) is 46.7 Å². The first-order valence-electron chi connectivity index (χ1n) is 10.1. The Morgan fingerprint density at radius 3 is 2.21 bits per heavy atom. The highest BCUT2D eigenvalue weighted by Crippen LogP contribution is 2.21. The van der Waals surface area contributed by atoms with Crippen LogP contribution in [0.4, 0.5) is 0 Å². The van der Waals surface area contributed by atoms with Gasteiger partial charge >= 0.3 is 0 Å². The van der Waals surface area contributed by atoms with E-state index in [9.17, 15) is 4.79 Å². The zero-order chi connectivity index (χ0) is 19.6. The van der Waals surface area contributed by atoms with Crippen molar-refractivity contribution in [1.82, 2.24) is 10.2 Å². The average molecular weight is 506 g/mol. The molecule has 6 heteroatoms. The Kier molecular flexibility index (Phi) is 9.97. The predicted octanol–water partition coefficient (Wildman–Crippen LogP) is 3.23. The van der Waals surface area contributed by atoms with Gasteiger partial charge in [-0.1, -0.05) is 60.7 Å². The molecule has 2 aromatic rings. The molecule has 0 atom stereocenters. The number of carbonyl (C=O) groups excluding carboxylic acids is 1. The maximum Gasteiger partial charge on any atom is 0.244 e. The van der Waals surface area contributed by atoms with Gasteiger partial charge in [0.25, 0.3) is 0 Å². The molecule has 0 unspecified atom stereocenters. The fourth-order valence-corrected chi connectivity index (χ4v) is 3.62. The van der Waals surface area contributed by atoms with Crippen LogP contribution in [0.25, 0.3) is 0 Å². The number of nitrogens with two attached hydrogens (primary N) is 1. The lowest BCUT2D eigenvalue weighted by atomic mass is 9.90. The van der Waals surface area contributed by atoms with Gasteiger partial charge < -0.3 is 16.0 Å². The van der Waals surface area contributed by atoms with Crippen molar-refractivity contribution >= 4 is 35.8 Å². The predicted molar refractivity (Wildman–Crippen MR) is 130 cm³/mol. The zero-order valence-corrected chi connectivity index (χ0v) is 19.1. The second kappa shape index (κ2) is 12.5. The van der Waals surface area contributed by atoms with Gasteiger partial charge in [0, 0.05) is 19.6 Å². The van der Waals surface area contributed by atoms with Gasteiger partial charge in [-0.3, -0.25) is 4.79 Å². The number of piperidine rings is 1. The number of aliphatic imine (C=N–C) groups is 1. The number of halogens is 1. The summed E-state index contributed by atoms with van der Waals surface area (Å²) in [4.78, 5) is 18.5. The Morgan fingerprint density at radius 1 is 1.00 bits per heavy atom. The summed E-state index contributed by atoms with van der Waals surface area (Å²) >= 11 is 0. The number of likely N-dealkylation sites (tertiary alicyclic amines) is 1. The van der Waals surface area contributed by atoms with Crippen LogP contribution in [-0.4, -0.2) is 42.9 Å². The fourth-order valence-electron chi connectivity index (χ4n) is 3.62. The van der Waals surface area contributed by atoms with E-state index in [4.69, 9.17) is 5.73 Å². The van der Waals surface area contributed by atoms with E-state index < -0.39 is 0 Å². The van der Waals surface area contributed by atoms with Crippen molar-refractivity contribution in [3.63, 3.8) is 0 Å². The molecule has 3 rings (SSSR count). The fraction of sp³-hybridized carbons (Fsp3) is 0.391. The number of carbonyl (C=O) groups is 1. The number of nitrogens with one attached hydrogen (secondary N) is 1.